The predicted octanol–water partition coefficient (Wildman–Crippen LogP) is 1.43. The summed E-state index contributed by atoms with van der Waals surface area (Å²) in [6, 6.07) is 3.66. The number of pyridine rings is 1. The van der Waals surface area contributed by atoms with Crippen LogP contribution in [0.15, 0.2) is 18.3 Å². The Morgan fingerprint density at radius 3 is 2.40 bits per heavy atom. The molecule has 0 aliphatic carbocycles. The van der Waals surface area contributed by atoms with Gasteiger partial charge in [0.2, 0.25) is 0 Å². The number of nitrogens with zero attached hydrogens (tertiary/aromatic N) is 1. The molecule has 0 unspecified atom stereocenters. The number of aromatic nitrogens is 1. The van der Waals surface area contributed by atoms with Crippen molar-refractivity contribution in [2.24, 2.45) is 5.73 Å². The van der Waals surface area contributed by atoms with Gasteiger partial charge in [-0.05, 0) is 49.1 Å². The first-order chi connectivity index (χ1) is 6.91. The van der Waals surface area contributed by atoms with Gasteiger partial charge < -0.3 is 21.3 Å². The smallest absolute Gasteiger partial charge is 0.259 e. The van der Waals surface area contributed by atoms with Gasteiger partial charge in [-0.25, -0.2) is 4.98 Å². The number of aryl methyl sites for hydroxylation is 1. The van der Waals surface area contributed by atoms with Gasteiger partial charge >= 0.3 is 0 Å². The van der Waals surface area contributed by atoms with E-state index in [4.69, 9.17) is 10.2 Å². The molecular formula is C8H11N3O2S2. The average molecular weight is 245 g/mol. The summed E-state index contributed by atoms with van der Waals surface area (Å²) in [7, 11) is 0. The molecule has 0 amide bonds. The van der Waals surface area contributed by atoms with Crippen molar-refractivity contribution in [2.45, 2.75) is 6.92 Å². The summed E-state index contributed by atoms with van der Waals surface area (Å²) >= 11 is 8.30. The minimum absolute atomic E-state index is 0.261. The van der Waals surface area contributed by atoms with E-state index in [0.717, 1.165) is 5.56 Å². The second-order valence-corrected chi connectivity index (χ2v) is 3.29. The van der Waals surface area contributed by atoms with E-state index in [9.17, 15) is 0 Å². The van der Waals surface area contributed by atoms with Gasteiger partial charge in [0.15, 0.2) is 0 Å². The van der Waals surface area contributed by atoms with E-state index in [1.165, 1.54) is 0 Å². The van der Waals surface area contributed by atoms with Crippen LogP contribution in [0.1, 0.15) is 5.56 Å². The van der Waals surface area contributed by atoms with Crippen LogP contribution < -0.4 is 11.1 Å². The van der Waals surface area contributed by atoms with Gasteiger partial charge in [-0.3, -0.25) is 0 Å². The molecule has 0 fully saturated rings. The molecule has 0 spiro atoms. The summed E-state index contributed by atoms with van der Waals surface area (Å²) in [6.45, 7) is 1.94. The molecular weight excluding hydrogens is 234 g/mol. The summed E-state index contributed by atoms with van der Waals surface area (Å²) in [5.41, 5.74) is 5.47. The van der Waals surface area contributed by atoms with Crippen LogP contribution >= 0.6 is 24.4 Å². The molecule has 1 heterocycles. The van der Waals surface area contributed by atoms with Crippen molar-refractivity contribution in [1.29, 1.82) is 0 Å². The van der Waals surface area contributed by atoms with Crippen LogP contribution in [0.2, 0.25) is 0 Å². The van der Waals surface area contributed by atoms with Crippen molar-refractivity contribution in [3.05, 3.63) is 23.9 Å². The van der Waals surface area contributed by atoms with E-state index in [2.05, 4.69) is 40.5 Å². The molecule has 0 aliphatic rings. The van der Waals surface area contributed by atoms with E-state index in [1.807, 2.05) is 13.0 Å². The number of anilines is 1. The molecule has 1 aromatic rings. The molecule has 7 heteroatoms. The molecule has 15 heavy (non-hydrogen) atoms. The van der Waals surface area contributed by atoms with E-state index in [1.54, 1.807) is 12.3 Å². The van der Waals surface area contributed by atoms with E-state index in [-0.39, 0.29) is 5.17 Å². The molecule has 82 valence electrons. The van der Waals surface area contributed by atoms with Gasteiger partial charge in [-0.2, -0.15) is 0 Å². The fourth-order valence-corrected chi connectivity index (χ4v) is 0.819. The standard InChI is InChI=1S/C7H8N2OS.CH3NOS/c1-5-2-3-8-6(4-5)9-7(10)11;2-1(3)4/h2-4H,1H3,(H2,8,9,10,11);(H3,2,3,4). The van der Waals surface area contributed by atoms with Gasteiger partial charge in [-0.1, -0.05) is 0 Å². The molecule has 0 radical (unpaired) electrons. The van der Waals surface area contributed by atoms with Crippen molar-refractivity contribution < 1.29 is 10.2 Å². The first kappa shape index (κ1) is 13.5. The Morgan fingerprint density at radius 1 is 1.47 bits per heavy atom. The Bertz CT molecular complexity index is 353. The lowest BCUT2D eigenvalue weighted by molar-refractivity contribution is 0.560. The summed E-state index contributed by atoms with van der Waals surface area (Å²) < 4.78 is 0. The molecule has 0 saturated carbocycles. The highest BCUT2D eigenvalue weighted by molar-refractivity contribution is 7.80. The Kier molecular flexibility index (Phi) is 6.23. The highest BCUT2D eigenvalue weighted by Gasteiger charge is 1.94. The van der Waals surface area contributed by atoms with Gasteiger partial charge in [0.25, 0.3) is 10.3 Å². The number of nitrogens with one attached hydrogen (secondary N) is 1. The highest BCUT2D eigenvalue weighted by atomic mass is 32.1. The minimum Gasteiger partial charge on any atom is -0.487 e. The first-order valence-electron chi connectivity index (χ1n) is 3.83. The van der Waals surface area contributed by atoms with Crippen molar-refractivity contribution in [3.8, 4) is 0 Å². The number of aliphatic hydroxyl groups excluding tert-OH is 2. The number of hydrogen-bond acceptors (Lipinski definition) is 3. The third kappa shape index (κ3) is 8.85. The Labute approximate surface area is 97.9 Å². The van der Waals surface area contributed by atoms with Crippen LogP contribution in [0, 0.1) is 6.92 Å². The molecule has 0 saturated heterocycles. The Morgan fingerprint density at radius 2 is 2.00 bits per heavy atom. The number of aliphatic hydroxyl groups is 2. The maximum absolute atomic E-state index is 8.68. The van der Waals surface area contributed by atoms with Crippen molar-refractivity contribution >= 4 is 40.6 Å². The predicted molar refractivity (Wildman–Crippen MR) is 67.2 cm³/mol. The van der Waals surface area contributed by atoms with Gasteiger partial charge in [0, 0.05) is 6.20 Å². The van der Waals surface area contributed by atoms with Crippen molar-refractivity contribution in [3.63, 3.8) is 0 Å². The van der Waals surface area contributed by atoms with Gasteiger partial charge in [0.1, 0.15) is 5.82 Å². The molecule has 1 rings (SSSR count). The second kappa shape index (κ2) is 6.91. The van der Waals surface area contributed by atoms with Crippen LogP contribution in [0.25, 0.3) is 0 Å². The second-order valence-electron chi connectivity index (χ2n) is 2.49. The lowest BCUT2D eigenvalue weighted by Gasteiger charge is -2.00. The maximum Gasteiger partial charge on any atom is 0.259 e. The van der Waals surface area contributed by atoms with Crippen LogP contribution in [0.4, 0.5) is 5.82 Å². The molecule has 0 atom stereocenters. The largest absolute Gasteiger partial charge is 0.487 e. The summed E-state index contributed by atoms with van der Waals surface area (Å²) in [5, 5.41) is 18.0. The van der Waals surface area contributed by atoms with Crippen molar-refractivity contribution in [2.75, 3.05) is 5.32 Å². The van der Waals surface area contributed by atoms with Crippen LogP contribution in [-0.2, 0) is 0 Å². The van der Waals surface area contributed by atoms with E-state index < -0.39 is 5.17 Å². The van der Waals surface area contributed by atoms with E-state index >= 15 is 0 Å². The SMILES string of the molecule is Cc1ccnc(NC(O)=S)c1.NC(O)=S. The van der Waals surface area contributed by atoms with Crippen LogP contribution in [0.5, 0.6) is 0 Å². The zero-order valence-electron chi connectivity index (χ0n) is 7.97. The molecule has 0 aromatic carbocycles. The topological polar surface area (TPSA) is 91.4 Å². The Hall–Kier alpha value is -1.47. The van der Waals surface area contributed by atoms with Crippen LogP contribution in [0.3, 0.4) is 0 Å². The number of nitrogens with two attached hydrogens (primary N) is 1. The monoisotopic (exact) mass is 245 g/mol. The number of hydrogen-bond donors (Lipinski definition) is 4. The average Bonchev–Trinajstić information content (AvgIpc) is 2.00. The molecule has 5 nitrogen and oxygen atoms in total. The summed E-state index contributed by atoms with van der Waals surface area (Å²) in [5.74, 6) is 0.567. The minimum atomic E-state index is -0.500. The normalized spacial score (nSPS) is 8.33. The maximum atomic E-state index is 8.68. The highest BCUT2D eigenvalue weighted by Crippen LogP contribution is 2.04. The number of thiocarbonyl (C=S) groups is 2. The quantitative estimate of drug-likeness (QED) is 0.556. The molecule has 0 bridgehead atoms. The molecule has 0 aliphatic heterocycles. The van der Waals surface area contributed by atoms with Gasteiger partial charge in [0.05, 0.1) is 0 Å². The van der Waals surface area contributed by atoms with E-state index in [0.29, 0.717) is 5.82 Å². The fourth-order valence-electron chi connectivity index (χ4n) is 0.714. The van der Waals surface area contributed by atoms with Crippen molar-refractivity contribution in [1.82, 2.24) is 4.98 Å². The summed E-state index contributed by atoms with van der Waals surface area (Å²) in [4.78, 5) is 3.92. The molecule has 1 aromatic heterocycles. The Balaban J connectivity index is 0.000000423. The zero-order chi connectivity index (χ0) is 11.8. The number of rotatable bonds is 1. The van der Waals surface area contributed by atoms with Gasteiger partial charge in [-0.15, -0.1) is 0 Å². The summed E-state index contributed by atoms with van der Waals surface area (Å²) in [6.07, 6.45) is 1.65. The lowest BCUT2D eigenvalue weighted by atomic mass is 10.3. The third-order valence-corrected chi connectivity index (χ3v) is 1.25. The lowest BCUT2D eigenvalue weighted by Crippen LogP contribution is -2.08. The molecule has 5 N–H and O–H groups in total. The zero-order valence-corrected chi connectivity index (χ0v) is 9.60. The third-order valence-electron chi connectivity index (χ3n) is 1.15. The first-order valence-corrected chi connectivity index (χ1v) is 4.64. The fraction of sp³-hybridized carbons (Fsp3) is 0.125. The van der Waals surface area contributed by atoms with Crippen LogP contribution in [-0.4, -0.2) is 25.5 Å².